The predicted octanol–water partition coefficient (Wildman–Crippen LogP) is 1.68. The molecule has 0 radical (unpaired) electrons. The summed E-state index contributed by atoms with van der Waals surface area (Å²) in [7, 11) is -4.22. The van der Waals surface area contributed by atoms with Crippen molar-refractivity contribution in [1.29, 1.82) is 0 Å². The average Bonchev–Trinajstić information content (AvgIpc) is 2.49. The minimum absolute atomic E-state index is 0. The number of unbranched alkanes of at least 4 members (excludes halogenated alkanes) is 7. The fraction of sp³-hybridized carbons (Fsp3) is 0.667. The third-order valence-electron chi connectivity index (χ3n) is 4.09. The van der Waals surface area contributed by atoms with Crippen LogP contribution in [0.1, 0.15) is 70.3 Å². The molecule has 126 valence electrons. The van der Waals surface area contributed by atoms with E-state index in [1.807, 2.05) is 30.3 Å². The van der Waals surface area contributed by atoms with Crippen LogP contribution in [0.4, 0.5) is 0 Å². The van der Waals surface area contributed by atoms with Crippen molar-refractivity contribution in [3.05, 3.63) is 35.9 Å². The molecule has 0 N–H and O–H groups in total. The maximum Gasteiger partial charge on any atom is 1.00 e. The van der Waals surface area contributed by atoms with Crippen molar-refractivity contribution in [1.82, 2.24) is 0 Å². The minimum atomic E-state index is -4.22. The van der Waals surface area contributed by atoms with Gasteiger partial charge in [0.2, 0.25) is 0 Å². The van der Waals surface area contributed by atoms with Crippen molar-refractivity contribution >= 4 is 10.1 Å². The van der Waals surface area contributed by atoms with Crippen LogP contribution >= 0.6 is 0 Å². The molecule has 1 aromatic carbocycles. The van der Waals surface area contributed by atoms with Crippen LogP contribution in [0.15, 0.2) is 30.3 Å². The van der Waals surface area contributed by atoms with Gasteiger partial charge in [-0.1, -0.05) is 88.6 Å². The van der Waals surface area contributed by atoms with Crippen LogP contribution in [-0.2, 0) is 16.5 Å². The average molecular weight is 348 g/mol. The Morgan fingerprint density at radius 3 is 1.96 bits per heavy atom. The third-order valence-corrected chi connectivity index (χ3v) is 5.31. The second-order valence-electron chi connectivity index (χ2n) is 6.07. The van der Waals surface area contributed by atoms with Gasteiger partial charge >= 0.3 is 29.6 Å². The summed E-state index contributed by atoms with van der Waals surface area (Å²) in [5.74, 6) is 0. The molecular weight excluding hydrogens is 319 g/mol. The molecule has 1 aromatic rings. The van der Waals surface area contributed by atoms with Crippen molar-refractivity contribution < 1.29 is 42.5 Å². The number of hydrogen-bond acceptors (Lipinski definition) is 3. The maximum absolute atomic E-state index is 11.4. The second kappa shape index (κ2) is 13.4. The predicted molar refractivity (Wildman–Crippen MR) is 90.9 cm³/mol. The topological polar surface area (TPSA) is 57.2 Å². The van der Waals surface area contributed by atoms with Crippen LogP contribution in [0.25, 0.3) is 0 Å². The molecular formula is C18H29NaO3S. The summed E-state index contributed by atoms with van der Waals surface area (Å²) in [4.78, 5) is 0. The van der Waals surface area contributed by atoms with Gasteiger partial charge in [-0.05, 0) is 18.4 Å². The molecule has 0 saturated heterocycles. The first kappa shape index (κ1) is 23.1. The zero-order valence-electron chi connectivity index (χ0n) is 14.7. The summed E-state index contributed by atoms with van der Waals surface area (Å²) in [6.07, 6.45) is 10.1. The Morgan fingerprint density at radius 1 is 0.913 bits per heavy atom. The van der Waals surface area contributed by atoms with Gasteiger partial charge in [-0.3, -0.25) is 0 Å². The van der Waals surface area contributed by atoms with Crippen molar-refractivity contribution in [3.8, 4) is 0 Å². The molecule has 3 nitrogen and oxygen atoms in total. The van der Waals surface area contributed by atoms with Gasteiger partial charge in [-0.15, -0.1) is 0 Å². The SMILES string of the molecule is CCCCCCCCCCC(Cc1ccccc1)S(=O)(=O)[O-].[Na+]. The first-order chi connectivity index (χ1) is 10.5. The van der Waals surface area contributed by atoms with Crippen LogP contribution in [-0.4, -0.2) is 18.2 Å². The van der Waals surface area contributed by atoms with Gasteiger partial charge in [0.25, 0.3) is 0 Å². The van der Waals surface area contributed by atoms with Crippen LogP contribution in [0.3, 0.4) is 0 Å². The van der Waals surface area contributed by atoms with Crippen LogP contribution in [0.5, 0.6) is 0 Å². The Bertz CT molecular complexity index is 488. The Balaban J connectivity index is 0.00000484. The molecule has 0 aliphatic heterocycles. The van der Waals surface area contributed by atoms with E-state index in [0.29, 0.717) is 12.8 Å². The summed E-state index contributed by atoms with van der Waals surface area (Å²) >= 11 is 0. The van der Waals surface area contributed by atoms with Crippen LogP contribution in [0, 0.1) is 0 Å². The van der Waals surface area contributed by atoms with Gasteiger partial charge in [0.05, 0.1) is 15.4 Å². The molecule has 0 fully saturated rings. The normalized spacial score (nSPS) is 12.6. The Kier molecular flexibility index (Phi) is 13.5. The molecule has 23 heavy (non-hydrogen) atoms. The molecule has 0 aromatic heterocycles. The Labute approximate surface area is 164 Å². The number of rotatable bonds is 12. The van der Waals surface area contributed by atoms with E-state index in [9.17, 15) is 13.0 Å². The van der Waals surface area contributed by atoms with E-state index in [0.717, 1.165) is 24.8 Å². The van der Waals surface area contributed by atoms with Gasteiger partial charge in [0, 0.05) is 0 Å². The largest absolute Gasteiger partial charge is 1.00 e. The molecule has 0 bridgehead atoms. The van der Waals surface area contributed by atoms with E-state index >= 15 is 0 Å². The minimum Gasteiger partial charge on any atom is -0.748 e. The molecule has 0 spiro atoms. The summed E-state index contributed by atoms with van der Waals surface area (Å²) in [6.45, 7) is 2.20. The number of hydrogen-bond donors (Lipinski definition) is 0. The molecule has 0 heterocycles. The molecule has 0 aliphatic carbocycles. The second-order valence-corrected chi connectivity index (χ2v) is 7.72. The quantitative estimate of drug-likeness (QED) is 0.328. The van der Waals surface area contributed by atoms with Crippen LogP contribution in [0.2, 0.25) is 0 Å². The standard InChI is InChI=1S/C18H30O3S.Na/c1-2-3-4-5-6-7-8-12-15-18(22(19,20)21)16-17-13-10-9-11-14-17;/h9-11,13-14,18H,2-8,12,15-16H2,1H3,(H,19,20,21);/q;+1/p-1. The summed E-state index contributed by atoms with van der Waals surface area (Å²) < 4.78 is 34.3. The summed E-state index contributed by atoms with van der Waals surface area (Å²) in [5, 5.41) is -0.782. The van der Waals surface area contributed by atoms with E-state index < -0.39 is 15.4 Å². The monoisotopic (exact) mass is 348 g/mol. The Hall–Kier alpha value is 0.130. The fourth-order valence-electron chi connectivity index (χ4n) is 2.73. The fourth-order valence-corrected chi connectivity index (χ4v) is 3.58. The van der Waals surface area contributed by atoms with Crippen molar-refractivity contribution in [2.45, 2.75) is 76.4 Å². The first-order valence-corrected chi connectivity index (χ1v) is 9.99. The van der Waals surface area contributed by atoms with E-state index in [2.05, 4.69) is 6.92 Å². The van der Waals surface area contributed by atoms with Gasteiger partial charge in [0.15, 0.2) is 0 Å². The molecule has 0 aliphatic rings. The smallest absolute Gasteiger partial charge is 0.748 e. The summed E-state index contributed by atoms with van der Waals surface area (Å²) in [6, 6.07) is 9.40. The number of benzene rings is 1. The van der Waals surface area contributed by atoms with E-state index in [1.165, 1.54) is 32.1 Å². The van der Waals surface area contributed by atoms with E-state index in [1.54, 1.807) is 0 Å². The molecule has 1 unspecified atom stereocenters. The van der Waals surface area contributed by atoms with Gasteiger partial charge in [-0.25, -0.2) is 8.42 Å². The molecule has 5 heteroatoms. The zero-order chi connectivity index (χ0) is 16.3. The van der Waals surface area contributed by atoms with Crippen molar-refractivity contribution in [3.63, 3.8) is 0 Å². The van der Waals surface area contributed by atoms with Crippen LogP contribution < -0.4 is 29.6 Å². The zero-order valence-corrected chi connectivity index (χ0v) is 17.5. The molecule has 0 saturated carbocycles. The van der Waals surface area contributed by atoms with Crippen molar-refractivity contribution in [2.24, 2.45) is 0 Å². The van der Waals surface area contributed by atoms with Gasteiger partial charge in [-0.2, -0.15) is 0 Å². The first-order valence-electron chi connectivity index (χ1n) is 8.52. The van der Waals surface area contributed by atoms with Gasteiger partial charge < -0.3 is 4.55 Å². The maximum atomic E-state index is 11.4. The molecule has 1 atom stereocenters. The van der Waals surface area contributed by atoms with E-state index in [4.69, 9.17) is 0 Å². The van der Waals surface area contributed by atoms with Gasteiger partial charge in [0.1, 0.15) is 0 Å². The molecule has 1 rings (SSSR count). The van der Waals surface area contributed by atoms with E-state index in [-0.39, 0.29) is 29.6 Å². The summed E-state index contributed by atoms with van der Waals surface area (Å²) in [5.41, 5.74) is 0.923. The third kappa shape index (κ3) is 11.3. The van der Waals surface area contributed by atoms with Crippen molar-refractivity contribution in [2.75, 3.05) is 0 Å². The Morgan fingerprint density at radius 2 is 1.43 bits per heavy atom. The molecule has 0 amide bonds.